The Labute approximate surface area is 90.2 Å². The van der Waals surface area contributed by atoms with Gasteiger partial charge in [0, 0.05) is 6.20 Å². The molecule has 1 heterocycles. The minimum absolute atomic E-state index is 0.0407. The van der Waals surface area contributed by atoms with Crippen molar-refractivity contribution in [1.29, 1.82) is 0 Å². The van der Waals surface area contributed by atoms with E-state index in [1.165, 1.54) is 18.7 Å². The van der Waals surface area contributed by atoms with Crippen LogP contribution in [0.5, 0.6) is 0 Å². The molecule has 1 aromatic heterocycles. The van der Waals surface area contributed by atoms with Gasteiger partial charge in [0.25, 0.3) is 0 Å². The fraction of sp³-hybridized carbons (Fsp3) is 0.667. The van der Waals surface area contributed by atoms with E-state index in [1.807, 2.05) is 13.8 Å². The molecule has 0 aliphatic rings. The van der Waals surface area contributed by atoms with Crippen molar-refractivity contribution < 1.29 is 12.7 Å². The first kappa shape index (κ1) is 12.0. The van der Waals surface area contributed by atoms with Crippen molar-refractivity contribution in [3.05, 3.63) is 18.7 Å². The van der Waals surface area contributed by atoms with Gasteiger partial charge in [-0.15, -0.1) is 0 Å². The average molecular weight is 232 g/mol. The summed E-state index contributed by atoms with van der Waals surface area (Å²) in [6.45, 7) is 3.93. The summed E-state index contributed by atoms with van der Waals surface area (Å²) in [5, 5.41) is 0. The Kier molecular flexibility index (Phi) is 4.14. The second-order valence-corrected chi connectivity index (χ2v) is 5.21. The van der Waals surface area contributed by atoms with Gasteiger partial charge in [0.15, 0.2) is 0 Å². The monoisotopic (exact) mass is 232 g/mol. The lowest BCUT2D eigenvalue weighted by molar-refractivity contribution is 0.275. The van der Waals surface area contributed by atoms with E-state index in [2.05, 4.69) is 4.98 Å². The van der Waals surface area contributed by atoms with Gasteiger partial charge >= 0.3 is 10.1 Å². The van der Waals surface area contributed by atoms with Gasteiger partial charge < -0.3 is 0 Å². The maximum absolute atomic E-state index is 11.5. The third kappa shape index (κ3) is 4.33. The highest BCUT2D eigenvalue weighted by atomic mass is 32.2. The van der Waals surface area contributed by atoms with E-state index in [-0.39, 0.29) is 11.7 Å². The summed E-state index contributed by atoms with van der Waals surface area (Å²) < 4.78 is 28.9. The second kappa shape index (κ2) is 5.16. The summed E-state index contributed by atoms with van der Waals surface area (Å²) in [4.78, 5) is 3.70. The summed E-state index contributed by atoms with van der Waals surface area (Å²) in [6.07, 6.45) is 6.07. The first-order chi connectivity index (χ1) is 7.03. The molecule has 5 nitrogen and oxygen atoms in total. The van der Waals surface area contributed by atoms with Crippen molar-refractivity contribution >= 4 is 10.1 Å². The molecule has 0 aliphatic carbocycles. The van der Waals surface area contributed by atoms with Crippen molar-refractivity contribution in [2.24, 2.45) is 5.92 Å². The second-order valence-electron chi connectivity index (χ2n) is 3.62. The molecule has 0 aromatic carbocycles. The van der Waals surface area contributed by atoms with Crippen LogP contribution >= 0.6 is 0 Å². The van der Waals surface area contributed by atoms with Crippen LogP contribution in [0.15, 0.2) is 18.7 Å². The molecule has 0 bridgehead atoms. The van der Waals surface area contributed by atoms with Gasteiger partial charge in [-0.25, -0.2) is 4.98 Å². The molecule has 0 saturated heterocycles. The minimum Gasteiger partial charge on any atom is -0.286 e. The van der Waals surface area contributed by atoms with E-state index in [4.69, 9.17) is 4.28 Å². The third-order valence-corrected chi connectivity index (χ3v) is 3.33. The van der Waals surface area contributed by atoms with E-state index >= 15 is 0 Å². The van der Waals surface area contributed by atoms with Crippen LogP contribution in [-0.2, 0) is 10.1 Å². The smallest absolute Gasteiger partial charge is 0.286 e. The first-order valence-electron chi connectivity index (χ1n) is 4.94. The summed E-state index contributed by atoms with van der Waals surface area (Å²) in [6, 6.07) is 0. The zero-order chi connectivity index (χ0) is 11.3. The zero-order valence-electron chi connectivity index (χ0n) is 8.96. The molecular formula is C9H16N2O3S. The van der Waals surface area contributed by atoms with Crippen LogP contribution in [0.4, 0.5) is 0 Å². The Morgan fingerprint density at radius 2 is 2.27 bits per heavy atom. The number of rotatable bonds is 6. The highest BCUT2D eigenvalue weighted by molar-refractivity contribution is 7.86. The molecular weight excluding hydrogens is 216 g/mol. The fourth-order valence-corrected chi connectivity index (χ4v) is 2.65. The molecule has 0 amide bonds. The van der Waals surface area contributed by atoms with E-state index in [9.17, 15) is 8.42 Å². The Bertz CT molecular complexity index is 372. The van der Waals surface area contributed by atoms with Crippen LogP contribution < -0.4 is 4.28 Å². The molecule has 1 aromatic rings. The molecule has 1 atom stereocenters. The van der Waals surface area contributed by atoms with Crippen LogP contribution in [0.25, 0.3) is 0 Å². The highest BCUT2D eigenvalue weighted by Crippen LogP contribution is 2.08. The molecule has 0 saturated carbocycles. The molecule has 0 spiro atoms. The summed E-state index contributed by atoms with van der Waals surface area (Å²) >= 11 is 0. The Morgan fingerprint density at radius 1 is 1.53 bits per heavy atom. The van der Waals surface area contributed by atoms with E-state index < -0.39 is 10.1 Å². The van der Waals surface area contributed by atoms with Crippen molar-refractivity contribution in [3.8, 4) is 0 Å². The highest BCUT2D eigenvalue weighted by Gasteiger charge is 2.17. The molecule has 1 rings (SSSR count). The molecule has 15 heavy (non-hydrogen) atoms. The SMILES string of the molecule is CCCC(C)CS(=O)(=O)On1ccnc1. The normalized spacial score (nSPS) is 13.7. The number of hydrogen-bond acceptors (Lipinski definition) is 4. The van der Waals surface area contributed by atoms with Crippen LogP contribution in [0.1, 0.15) is 26.7 Å². The maximum atomic E-state index is 11.5. The Balaban J connectivity index is 2.53. The largest absolute Gasteiger partial charge is 0.327 e. The summed E-state index contributed by atoms with van der Waals surface area (Å²) in [7, 11) is -3.50. The molecule has 0 aliphatic heterocycles. The van der Waals surface area contributed by atoms with Crippen LogP contribution in [0, 0.1) is 5.92 Å². The molecule has 0 radical (unpaired) electrons. The Hall–Kier alpha value is -1.04. The predicted molar refractivity (Wildman–Crippen MR) is 56.7 cm³/mol. The van der Waals surface area contributed by atoms with E-state index in [0.29, 0.717) is 0 Å². The lowest BCUT2D eigenvalue weighted by atomic mass is 10.1. The molecule has 6 heteroatoms. The lowest BCUT2D eigenvalue weighted by Gasteiger charge is -2.10. The zero-order valence-corrected chi connectivity index (χ0v) is 9.77. The molecule has 0 N–H and O–H groups in total. The van der Waals surface area contributed by atoms with Gasteiger partial charge in [0.2, 0.25) is 0 Å². The van der Waals surface area contributed by atoms with E-state index in [0.717, 1.165) is 17.6 Å². The van der Waals surface area contributed by atoms with Gasteiger partial charge in [0.1, 0.15) is 6.33 Å². The first-order valence-corrected chi connectivity index (χ1v) is 6.52. The number of hydrogen-bond donors (Lipinski definition) is 0. The van der Waals surface area contributed by atoms with Gasteiger partial charge in [-0.3, -0.25) is 4.28 Å². The number of imidazole rings is 1. The summed E-state index contributed by atoms with van der Waals surface area (Å²) in [5.41, 5.74) is 0. The topological polar surface area (TPSA) is 61.2 Å². The van der Waals surface area contributed by atoms with Crippen molar-refractivity contribution in [3.63, 3.8) is 0 Å². The summed E-state index contributed by atoms with van der Waals surface area (Å²) in [5.74, 6) is 0.155. The van der Waals surface area contributed by atoms with Crippen LogP contribution in [-0.4, -0.2) is 23.9 Å². The number of aromatic nitrogens is 2. The predicted octanol–water partition coefficient (Wildman–Crippen LogP) is 1.08. The Morgan fingerprint density at radius 3 is 2.80 bits per heavy atom. The standard InChI is InChI=1S/C9H16N2O3S/c1-3-4-9(2)7-15(12,13)14-11-6-5-10-8-11/h5-6,8-9H,3-4,7H2,1-2H3. The third-order valence-electron chi connectivity index (χ3n) is 1.95. The van der Waals surface area contributed by atoms with Crippen molar-refractivity contribution in [1.82, 2.24) is 9.71 Å². The lowest BCUT2D eigenvalue weighted by Crippen LogP contribution is -2.25. The van der Waals surface area contributed by atoms with Gasteiger partial charge in [-0.2, -0.15) is 13.1 Å². The maximum Gasteiger partial charge on any atom is 0.327 e. The molecule has 0 fully saturated rings. The van der Waals surface area contributed by atoms with Crippen LogP contribution in [0.2, 0.25) is 0 Å². The average Bonchev–Trinajstić information content (AvgIpc) is 2.54. The van der Waals surface area contributed by atoms with Crippen molar-refractivity contribution in [2.45, 2.75) is 26.7 Å². The van der Waals surface area contributed by atoms with Gasteiger partial charge in [0.05, 0.1) is 11.9 Å². The molecule has 86 valence electrons. The quantitative estimate of drug-likeness (QED) is 0.736. The van der Waals surface area contributed by atoms with Crippen molar-refractivity contribution in [2.75, 3.05) is 5.75 Å². The van der Waals surface area contributed by atoms with Gasteiger partial charge in [-0.1, -0.05) is 20.3 Å². The number of nitrogens with zero attached hydrogens (tertiary/aromatic N) is 2. The molecule has 1 unspecified atom stereocenters. The van der Waals surface area contributed by atoms with Crippen LogP contribution in [0.3, 0.4) is 0 Å². The van der Waals surface area contributed by atoms with E-state index in [1.54, 1.807) is 0 Å². The van der Waals surface area contributed by atoms with Gasteiger partial charge in [-0.05, 0) is 12.3 Å². The minimum atomic E-state index is -3.50. The fourth-order valence-electron chi connectivity index (χ4n) is 1.38.